The molecule has 0 bridgehead atoms. The minimum absolute atomic E-state index is 0.0796. The van der Waals surface area contributed by atoms with Gasteiger partial charge < -0.3 is 24.6 Å². The predicted octanol–water partition coefficient (Wildman–Crippen LogP) is 2.67. The number of hydrogen-bond acceptors (Lipinski definition) is 5. The number of benzene rings is 2. The summed E-state index contributed by atoms with van der Waals surface area (Å²) in [5.74, 6) is 0.526. The highest BCUT2D eigenvalue weighted by molar-refractivity contribution is 5.95. The van der Waals surface area contributed by atoms with Crippen LogP contribution >= 0.6 is 0 Å². The summed E-state index contributed by atoms with van der Waals surface area (Å²) in [4.78, 5) is 28.1. The average Bonchev–Trinajstić information content (AvgIpc) is 3.19. The predicted molar refractivity (Wildman–Crippen MR) is 112 cm³/mol. The van der Waals surface area contributed by atoms with Gasteiger partial charge in [0.1, 0.15) is 5.75 Å². The van der Waals surface area contributed by atoms with Crippen LogP contribution in [-0.4, -0.2) is 51.3 Å². The zero-order valence-electron chi connectivity index (χ0n) is 16.3. The van der Waals surface area contributed by atoms with Gasteiger partial charge in [0.15, 0.2) is 6.61 Å². The van der Waals surface area contributed by atoms with E-state index in [-0.39, 0.29) is 18.4 Å². The normalized spacial score (nSPS) is 16.8. The monoisotopic (exact) mass is 395 g/mol. The maximum atomic E-state index is 12.3. The summed E-state index contributed by atoms with van der Waals surface area (Å²) < 4.78 is 11.0. The third-order valence-electron chi connectivity index (χ3n) is 5.10. The molecule has 2 heterocycles. The van der Waals surface area contributed by atoms with Crippen molar-refractivity contribution in [3.05, 3.63) is 48.5 Å². The van der Waals surface area contributed by atoms with E-state index < -0.39 is 0 Å². The summed E-state index contributed by atoms with van der Waals surface area (Å²) in [7, 11) is 0. The Morgan fingerprint density at radius 2 is 1.83 bits per heavy atom. The average molecular weight is 395 g/mol. The fourth-order valence-electron chi connectivity index (χ4n) is 3.59. The van der Waals surface area contributed by atoms with Crippen LogP contribution in [0.25, 0.3) is 0 Å². The van der Waals surface area contributed by atoms with E-state index >= 15 is 0 Å². The third-order valence-corrected chi connectivity index (χ3v) is 5.10. The van der Waals surface area contributed by atoms with E-state index in [1.807, 2.05) is 36.4 Å². The Bertz CT molecular complexity index is 863. The van der Waals surface area contributed by atoms with Crippen molar-refractivity contribution < 1.29 is 19.1 Å². The molecule has 2 aromatic carbocycles. The molecule has 2 aliphatic rings. The van der Waals surface area contributed by atoms with Crippen molar-refractivity contribution in [1.29, 1.82) is 0 Å². The molecule has 1 N–H and O–H groups in total. The van der Waals surface area contributed by atoms with Gasteiger partial charge in [-0.1, -0.05) is 6.07 Å². The molecule has 0 aromatic heterocycles. The molecule has 2 aromatic rings. The molecule has 0 saturated carbocycles. The first-order valence-corrected chi connectivity index (χ1v) is 9.95. The Labute approximate surface area is 170 Å². The number of amides is 2. The number of rotatable bonds is 6. The van der Waals surface area contributed by atoms with Crippen LogP contribution in [0.15, 0.2) is 48.5 Å². The summed E-state index contributed by atoms with van der Waals surface area (Å²) in [6.45, 7) is 3.80. The first-order chi connectivity index (χ1) is 14.2. The van der Waals surface area contributed by atoms with Crippen molar-refractivity contribution in [2.75, 3.05) is 54.6 Å². The van der Waals surface area contributed by atoms with Gasteiger partial charge in [-0.05, 0) is 48.9 Å². The molecule has 0 spiro atoms. The van der Waals surface area contributed by atoms with E-state index in [9.17, 15) is 9.59 Å². The first-order valence-electron chi connectivity index (χ1n) is 9.95. The Morgan fingerprint density at radius 1 is 1.03 bits per heavy atom. The standard InChI is InChI=1S/C22H25N3O4/c26-21(23-17-3-1-4-19(15-17)24-11-13-28-14-12-24)16-29-20-8-6-18(7-9-20)25-10-2-5-22(25)27/h1,3-4,6-9,15H,2,5,10-14,16H2,(H,23,26). The quantitative estimate of drug-likeness (QED) is 0.814. The second-order valence-corrected chi connectivity index (χ2v) is 7.13. The van der Waals surface area contributed by atoms with Crippen molar-refractivity contribution in [1.82, 2.24) is 0 Å². The molecule has 4 rings (SSSR count). The fraction of sp³-hybridized carbons (Fsp3) is 0.364. The SMILES string of the molecule is O=C(COc1ccc(N2CCCC2=O)cc1)Nc1cccc(N2CCOCC2)c1. The number of morpholine rings is 1. The van der Waals surface area contributed by atoms with Gasteiger partial charge in [0.05, 0.1) is 13.2 Å². The largest absolute Gasteiger partial charge is 0.484 e. The van der Waals surface area contributed by atoms with Crippen molar-refractivity contribution in [3.8, 4) is 5.75 Å². The van der Waals surface area contributed by atoms with Gasteiger partial charge in [-0.15, -0.1) is 0 Å². The molecule has 7 heteroatoms. The highest BCUT2D eigenvalue weighted by Crippen LogP contribution is 2.24. The lowest BCUT2D eigenvalue weighted by molar-refractivity contribution is -0.118. The molecule has 0 aliphatic carbocycles. The molecule has 0 radical (unpaired) electrons. The first kappa shape index (κ1) is 19.3. The van der Waals surface area contributed by atoms with Crippen LogP contribution in [0.1, 0.15) is 12.8 Å². The Kier molecular flexibility index (Phi) is 5.95. The van der Waals surface area contributed by atoms with Crippen LogP contribution in [0.4, 0.5) is 17.1 Å². The molecule has 0 unspecified atom stereocenters. The smallest absolute Gasteiger partial charge is 0.262 e. The summed E-state index contributed by atoms with van der Waals surface area (Å²) in [5.41, 5.74) is 2.67. The van der Waals surface area contributed by atoms with Crippen LogP contribution in [0.2, 0.25) is 0 Å². The molecule has 152 valence electrons. The van der Waals surface area contributed by atoms with Gasteiger partial charge in [0.2, 0.25) is 5.91 Å². The molecular weight excluding hydrogens is 370 g/mol. The topological polar surface area (TPSA) is 71.1 Å². The zero-order chi connectivity index (χ0) is 20.1. The Balaban J connectivity index is 1.29. The third kappa shape index (κ3) is 4.86. The van der Waals surface area contributed by atoms with Crippen molar-refractivity contribution >= 4 is 28.9 Å². The van der Waals surface area contributed by atoms with Gasteiger partial charge in [0.25, 0.3) is 5.91 Å². The van der Waals surface area contributed by atoms with Gasteiger partial charge in [-0.3, -0.25) is 9.59 Å². The second-order valence-electron chi connectivity index (χ2n) is 7.13. The molecule has 29 heavy (non-hydrogen) atoms. The highest BCUT2D eigenvalue weighted by Gasteiger charge is 2.21. The zero-order valence-corrected chi connectivity index (χ0v) is 16.3. The van der Waals surface area contributed by atoms with Gasteiger partial charge >= 0.3 is 0 Å². The van der Waals surface area contributed by atoms with Crippen molar-refractivity contribution in [2.24, 2.45) is 0 Å². The van der Waals surface area contributed by atoms with Gasteiger partial charge in [-0.25, -0.2) is 0 Å². The lowest BCUT2D eigenvalue weighted by Crippen LogP contribution is -2.36. The van der Waals surface area contributed by atoms with Crippen LogP contribution in [0, 0.1) is 0 Å². The second kappa shape index (κ2) is 8.96. The van der Waals surface area contributed by atoms with E-state index in [1.165, 1.54) is 0 Å². The van der Waals surface area contributed by atoms with E-state index in [4.69, 9.17) is 9.47 Å². The highest BCUT2D eigenvalue weighted by atomic mass is 16.5. The molecule has 2 aliphatic heterocycles. The minimum Gasteiger partial charge on any atom is -0.484 e. The van der Waals surface area contributed by atoms with Crippen LogP contribution in [-0.2, 0) is 14.3 Å². The van der Waals surface area contributed by atoms with Gasteiger partial charge in [0, 0.05) is 43.1 Å². The molecule has 2 fully saturated rings. The minimum atomic E-state index is -0.220. The van der Waals surface area contributed by atoms with E-state index in [1.54, 1.807) is 17.0 Å². The molecule has 0 atom stereocenters. The summed E-state index contributed by atoms with van der Waals surface area (Å²) >= 11 is 0. The Morgan fingerprint density at radius 3 is 2.55 bits per heavy atom. The van der Waals surface area contributed by atoms with Crippen molar-refractivity contribution in [2.45, 2.75) is 12.8 Å². The van der Waals surface area contributed by atoms with Crippen LogP contribution < -0.4 is 19.9 Å². The molecule has 2 amide bonds. The number of carbonyl (C=O) groups is 2. The lowest BCUT2D eigenvalue weighted by atomic mass is 10.2. The molecule has 7 nitrogen and oxygen atoms in total. The lowest BCUT2D eigenvalue weighted by Gasteiger charge is -2.29. The maximum Gasteiger partial charge on any atom is 0.262 e. The fourth-order valence-corrected chi connectivity index (χ4v) is 3.59. The van der Waals surface area contributed by atoms with E-state index in [0.29, 0.717) is 12.2 Å². The molecular formula is C22H25N3O4. The number of carbonyl (C=O) groups excluding carboxylic acids is 2. The molecule has 2 saturated heterocycles. The summed E-state index contributed by atoms with van der Waals surface area (Å²) in [6, 6.07) is 15.1. The van der Waals surface area contributed by atoms with Crippen molar-refractivity contribution in [3.63, 3.8) is 0 Å². The van der Waals surface area contributed by atoms with E-state index in [2.05, 4.69) is 10.2 Å². The number of nitrogens with zero attached hydrogens (tertiary/aromatic N) is 2. The summed E-state index contributed by atoms with van der Waals surface area (Å²) in [6.07, 6.45) is 1.50. The number of hydrogen-bond donors (Lipinski definition) is 1. The van der Waals surface area contributed by atoms with E-state index in [0.717, 1.165) is 56.3 Å². The van der Waals surface area contributed by atoms with Crippen LogP contribution in [0.5, 0.6) is 5.75 Å². The Hall–Kier alpha value is -3.06. The number of anilines is 3. The summed E-state index contributed by atoms with van der Waals surface area (Å²) in [5, 5.41) is 2.88. The maximum absolute atomic E-state index is 12.3. The number of nitrogens with one attached hydrogen (secondary N) is 1. The number of ether oxygens (including phenoxy) is 2. The van der Waals surface area contributed by atoms with Gasteiger partial charge in [-0.2, -0.15) is 0 Å². The van der Waals surface area contributed by atoms with Crippen LogP contribution in [0.3, 0.4) is 0 Å².